The third-order valence-corrected chi connectivity index (χ3v) is 5.96. The average molecular weight is 514 g/mol. The molecule has 0 spiro atoms. The zero-order valence-corrected chi connectivity index (χ0v) is 20.2. The fourth-order valence-corrected chi connectivity index (χ4v) is 3.94. The number of ether oxygens (including phenoxy) is 2. The summed E-state index contributed by atoms with van der Waals surface area (Å²) >= 11 is 0. The summed E-state index contributed by atoms with van der Waals surface area (Å²) in [6.45, 7) is 1.75. The van der Waals surface area contributed by atoms with Gasteiger partial charge in [0.15, 0.2) is 11.5 Å². The third kappa shape index (κ3) is 4.95. The number of aryl methyl sites for hydroxylation is 2. The number of alkyl halides is 3. The number of hydrogen-bond donors (Lipinski definition) is 0. The van der Waals surface area contributed by atoms with Crippen LogP contribution in [-0.4, -0.2) is 36.6 Å². The van der Waals surface area contributed by atoms with Crippen molar-refractivity contribution in [2.24, 2.45) is 7.05 Å². The van der Waals surface area contributed by atoms with Crippen molar-refractivity contribution in [1.29, 1.82) is 0 Å². The summed E-state index contributed by atoms with van der Waals surface area (Å²) in [4.78, 5) is 21.1. The van der Waals surface area contributed by atoms with Crippen LogP contribution >= 0.6 is 0 Å². The van der Waals surface area contributed by atoms with Gasteiger partial charge in [0.1, 0.15) is 30.1 Å². The van der Waals surface area contributed by atoms with Gasteiger partial charge in [0.2, 0.25) is 11.8 Å². The Hall–Kier alpha value is -4.09. The molecule has 1 aromatic carbocycles. The van der Waals surface area contributed by atoms with Gasteiger partial charge in [-0.25, -0.2) is 24.3 Å². The van der Waals surface area contributed by atoms with Crippen LogP contribution < -0.4 is 9.47 Å². The average Bonchev–Trinajstić information content (AvgIpc) is 3.64. The highest BCUT2D eigenvalue weighted by atomic mass is 19.4. The van der Waals surface area contributed by atoms with Gasteiger partial charge in [-0.3, -0.25) is 0 Å². The lowest BCUT2D eigenvalue weighted by molar-refractivity contribution is -0.140. The molecule has 3 heterocycles. The van der Waals surface area contributed by atoms with Gasteiger partial charge < -0.3 is 14.0 Å². The van der Waals surface area contributed by atoms with Gasteiger partial charge in [0, 0.05) is 30.9 Å². The number of hydrogen-bond acceptors (Lipinski definition) is 7. The molecule has 0 bridgehead atoms. The molecule has 8 nitrogen and oxygen atoms in total. The lowest BCUT2D eigenvalue weighted by Gasteiger charge is -2.13. The van der Waals surface area contributed by atoms with Crippen molar-refractivity contribution in [1.82, 2.24) is 29.5 Å². The predicted molar refractivity (Wildman–Crippen MR) is 124 cm³/mol. The van der Waals surface area contributed by atoms with Crippen molar-refractivity contribution in [3.05, 3.63) is 65.3 Å². The van der Waals surface area contributed by atoms with E-state index >= 15 is 0 Å². The van der Waals surface area contributed by atoms with Gasteiger partial charge in [0.25, 0.3) is 0 Å². The lowest BCUT2D eigenvalue weighted by atomic mass is 10.1. The van der Waals surface area contributed by atoms with E-state index in [9.17, 15) is 17.6 Å². The van der Waals surface area contributed by atoms with Gasteiger partial charge >= 0.3 is 6.18 Å². The van der Waals surface area contributed by atoms with E-state index in [1.807, 2.05) is 0 Å². The minimum absolute atomic E-state index is 0.0270. The second-order valence-electron chi connectivity index (χ2n) is 8.76. The van der Waals surface area contributed by atoms with E-state index in [4.69, 9.17) is 9.47 Å². The van der Waals surface area contributed by atoms with E-state index in [1.165, 1.54) is 32.6 Å². The maximum atomic E-state index is 14.9. The summed E-state index contributed by atoms with van der Waals surface area (Å²) in [5.41, 5.74) is 1.43. The largest absolute Gasteiger partial charge is 0.480 e. The predicted octanol–water partition coefficient (Wildman–Crippen LogP) is 5.27. The standard InChI is InChI=1S/C25H22F4N6O2/c1-13-9-30-21(19-20(15-5-6-15)31-12-32-24(19)36-3)34-23(13)37-11-14-4-7-16(17(26)8-14)22-33-18(10-35(22)2)25(27,28)29/h4,7-10,12,15H,5-6,11H2,1-3H3. The monoisotopic (exact) mass is 514 g/mol. The Morgan fingerprint density at radius 3 is 2.51 bits per heavy atom. The number of halogens is 4. The number of benzene rings is 1. The Kier molecular flexibility index (Phi) is 6.26. The smallest absolute Gasteiger partial charge is 0.434 e. The second kappa shape index (κ2) is 9.41. The van der Waals surface area contributed by atoms with Crippen molar-refractivity contribution < 1.29 is 27.0 Å². The van der Waals surface area contributed by atoms with Crippen molar-refractivity contribution in [3.8, 4) is 34.5 Å². The van der Waals surface area contributed by atoms with E-state index in [-0.39, 0.29) is 18.0 Å². The first-order valence-electron chi connectivity index (χ1n) is 11.4. The van der Waals surface area contributed by atoms with Crippen LogP contribution in [0.15, 0.2) is 36.9 Å². The van der Waals surface area contributed by atoms with Crippen LogP contribution in [0.25, 0.3) is 22.8 Å². The van der Waals surface area contributed by atoms with Crippen LogP contribution in [0.1, 0.15) is 41.3 Å². The van der Waals surface area contributed by atoms with Crippen molar-refractivity contribution in [2.75, 3.05) is 7.11 Å². The van der Waals surface area contributed by atoms with Gasteiger partial charge in [-0.05, 0) is 37.5 Å². The maximum Gasteiger partial charge on any atom is 0.434 e. The first-order valence-corrected chi connectivity index (χ1v) is 11.4. The molecule has 0 saturated heterocycles. The highest BCUT2D eigenvalue weighted by Gasteiger charge is 2.35. The highest BCUT2D eigenvalue weighted by molar-refractivity contribution is 5.66. The lowest BCUT2D eigenvalue weighted by Crippen LogP contribution is -2.05. The van der Waals surface area contributed by atoms with E-state index in [1.54, 1.807) is 19.2 Å². The van der Waals surface area contributed by atoms with Gasteiger partial charge in [0.05, 0.1) is 18.4 Å². The normalized spacial score (nSPS) is 13.6. The number of methoxy groups -OCH3 is 1. The zero-order valence-electron chi connectivity index (χ0n) is 20.2. The summed E-state index contributed by atoms with van der Waals surface area (Å²) < 4.78 is 66.3. The molecule has 0 amide bonds. The van der Waals surface area contributed by atoms with Crippen molar-refractivity contribution in [2.45, 2.75) is 38.5 Å². The summed E-state index contributed by atoms with van der Waals surface area (Å²) in [6, 6.07) is 4.15. The molecule has 192 valence electrons. The molecule has 4 aromatic rings. The van der Waals surface area contributed by atoms with Gasteiger partial charge in [-0.2, -0.15) is 18.2 Å². The molecule has 0 radical (unpaired) electrons. The number of aromatic nitrogens is 6. The Balaban J connectivity index is 1.39. The molecule has 0 N–H and O–H groups in total. The van der Waals surface area contributed by atoms with Crippen molar-refractivity contribution in [3.63, 3.8) is 0 Å². The fraction of sp³-hybridized carbons (Fsp3) is 0.320. The van der Waals surface area contributed by atoms with E-state index in [0.717, 1.165) is 29.3 Å². The molecular weight excluding hydrogens is 492 g/mol. The Labute approximate surface area is 209 Å². The fourth-order valence-electron chi connectivity index (χ4n) is 3.94. The van der Waals surface area contributed by atoms with Gasteiger partial charge in [-0.1, -0.05) is 6.07 Å². The Morgan fingerprint density at radius 1 is 1.08 bits per heavy atom. The molecule has 3 aromatic heterocycles. The Bertz CT molecular complexity index is 1470. The van der Waals surface area contributed by atoms with Crippen LogP contribution in [0.3, 0.4) is 0 Å². The first-order chi connectivity index (χ1) is 17.7. The molecule has 0 atom stereocenters. The molecule has 1 aliphatic carbocycles. The molecule has 1 aliphatic rings. The van der Waals surface area contributed by atoms with Crippen molar-refractivity contribution >= 4 is 0 Å². The second-order valence-corrected chi connectivity index (χ2v) is 8.76. The van der Waals surface area contributed by atoms with Crippen LogP contribution in [0.2, 0.25) is 0 Å². The van der Waals surface area contributed by atoms with E-state index < -0.39 is 17.7 Å². The molecular formula is C25H22F4N6O2. The molecule has 0 aliphatic heterocycles. The SMILES string of the molecule is COc1ncnc(C2CC2)c1-c1ncc(C)c(OCc2ccc(-c3nc(C(F)(F)F)cn3C)c(F)c2)n1. The zero-order chi connectivity index (χ0) is 26.3. The highest BCUT2D eigenvalue weighted by Crippen LogP contribution is 2.45. The number of imidazole rings is 1. The topological polar surface area (TPSA) is 87.8 Å². The first kappa shape index (κ1) is 24.6. The summed E-state index contributed by atoms with van der Waals surface area (Å²) in [7, 11) is 2.89. The molecule has 1 saturated carbocycles. The summed E-state index contributed by atoms with van der Waals surface area (Å²) in [5.74, 6) is 0.474. The molecule has 5 rings (SSSR count). The number of rotatable bonds is 7. The molecule has 0 unspecified atom stereocenters. The third-order valence-electron chi connectivity index (χ3n) is 5.96. The van der Waals surface area contributed by atoms with Gasteiger partial charge in [-0.15, -0.1) is 0 Å². The minimum atomic E-state index is -4.62. The van der Waals surface area contributed by atoms with Crippen LogP contribution in [-0.2, 0) is 19.8 Å². The quantitative estimate of drug-likeness (QED) is 0.311. The van der Waals surface area contributed by atoms with E-state index in [2.05, 4.69) is 24.9 Å². The summed E-state index contributed by atoms with van der Waals surface area (Å²) in [5, 5.41) is 0. The molecule has 12 heteroatoms. The molecule has 37 heavy (non-hydrogen) atoms. The molecule has 1 fully saturated rings. The maximum absolute atomic E-state index is 14.9. The van der Waals surface area contributed by atoms with Crippen LogP contribution in [0, 0.1) is 12.7 Å². The van der Waals surface area contributed by atoms with Crippen LogP contribution in [0.5, 0.6) is 11.8 Å². The summed E-state index contributed by atoms with van der Waals surface area (Å²) in [6.07, 6.45) is 1.30. The minimum Gasteiger partial charge on any atom is -0.480 e. The van der Waals surface area contributed by atoms with Crippen LogP contribution in [0.4, 0.5) is 17.6 Å². The number of nitrogens with zero attached hydrogens (tertiary/aromatic N) is 6. The van der Waals surface area contributed by atoms with E-state index in [0.29, 0.717) is 40.2 Å². The Morgan fingerprint density at radius 2 is 1.86 bits per heavy atom.